The molecular formula is C27H56O8. The predicted octanol–water partition coefficient (Wildman–Crippen LogP) is 4.40. The van der Waals surface area contributed by atoms with Crippen LogP contribution in [0.5, 0.6) is 0 Å². The second-order valence-corrected chi connectivity index (χ2v) is 9.12. The maximum atomic E-state index is 8.72. The van der Waals surface area contributed by atoms with Gasteiger partial charge in [-0.2, -0.15) is 0 Å². The van der Waals surface area contributed by atoms with E-state index in [0.717, 1.165) is 12.8 Å². The fourth-order valence-electron chi connectivity index (χ4n) is 3.40. The average Bonchev–Trinajstić information content (AvgIpc) is 2.85. The molecule has 0 aliphatic heterocycles. The average molecular weight is 509 g/mol. The molecular weight excluding hydrogens is 452 g/mol. The molecule has 0 amide bonds. The van der Waals surface area contributed by atoms with Gasteiger partial charge >= 0.3 is 0 Å². The molecule has 0 aliphatic rings. The van der Waals surface area contributed by atoms with Gasteiger partial charge in [-0.05, 0) is 33.6 Å². The van der Waals surface area contributed by atoms with E-state index in [9.17, 15) is 0 Å². The molecule has 0 radical (unpaired) electrons. The Kier molecular flexibility index (Phi) is 26.5. The second kappa shape index (κ2) is 26.7. The second-order valence-electron chi connectivity index (χ2n) is 9.12. The smallest absolute Gasteiger partial charge is 0.0781 e. The van der Waals surface area contributed by atoms with Crippen LogP contribution < -0.4 is 0 Å². The van der Waals surface area contributed by atoms with Gasteiger partial charge in [0.1, 0.15) is 0 Å². The summed E-state index contributed by atoms with van der Waals surface area (Å²) in [7, 11) is 0. The highest BCUT2D eigenvalue weighted by molar-refractivity contribution is 4.59. The van der Waals surface area contributed by atoms with Crippen molar-refractivity contribution in [2.45, 2.75) is 104 Å². The molecule has 212 valence electrons. The van der Waals surface area contributed by atoms with E-state index in [0.29, 0.717) is 72.2 Å². The minimum absolute atomic E-state index is 0.00876. The number of aliphatic hydroxyl groups excluding tert-OH is 1. The minimum atomic E-state index is -0.0349. The number of rotatable bonds is 28. The van der Waals surface area contributed by atoms with Crippen molar-refractivity contribution in [1.82, 2.24) is 0 Å². The summed E-state index contributed by atoms with van der Waals surface area (Å²) in [4.78, 5) is 0. The molecule has 0 spiro atoms. The first-order valence-corrected chi connectivity index (χ1v) is 13.8. The Morgan fingerprint density at radius 3 is 1.40 bits per heavy atom. The predicted molar refractivity (Wildman–Crippen MR) is 139 cm³/mol. The van der Waals surface area contributed by atoms with Crippen molar-refractivity contribution in [1.29, 1.82) is 0 Å². The molecule has 4 unspecified atom stereocenters. The molecule has 0 rings (SSSR count). The van der Waals surface area contributed by atoms with Gasteiger partial charge in [-0.1, -0.05) is 46.0 Å². The lowest BCUT2D eigenvalue weighted by Gasteiger charge is -2.18. The zero-order chi connectivity index (χ0) is 26.0. The number of unbranched alkanes of at least 4 members (excludes halogenated alkanes) is 3. The lowest BCUT2D eigenvalue weighted by atomic mass is 10.1. The Labute approximate surface area is 215 Å². The highest BCUT2D eigenvalue weighted by Crippen LogP contribution is 2.13. The summed E-state index contributed by atoms with van der Waals surface area (Å²) in [6.07, 6.45) is 8.88. The highest BCUT2D eigenvalue weighted by atomic mass is 16.6. The first-order chi connectivity index (χ1) is 17.0. The maximum Gasteiger partial charge on any atom is 0.0781 e. The molecule has 0 aromatic rings. The van der Waals surface area contributed by atoms with Gasteiger partial charge in [0.15, 0.2) is 0 Å². The van der Waals surface area contributed by atoms with Crippen LogP contribution in [0.2, 0.25) is 0 Å². The van der Waals surface area contributed by atoms with Crippen LogP contribution in [0.3, 0.4) is 0 Å². The van der Waals surface area contributed by atoms with Crippen LogP contribution in [0.25, 0.3) is 0 Å². The zero-order valence-electron chi connectivity index (χ0n) is 23.3. The van der Waals surface area contributed by atoms with Crippen molar-refractivity contribution in [3.05, 3.63) is 0 Å². The molecule has 0 fully saturated rings. The molecule has 0 saturated heterocycles. The number of hydrogen-bond donors (Lipinski definition) is 1. The van der Waals surface area contributed by atoms with E-state index in [4.69, 9.17) is 38.3 Å². The number of aliphatic hydroxyl groups is 1. The van der Waals surface area contributed by atoms with Crippen molar-refractivity contribution in [2.75, 3.05) is 72.7 Å². The Morgan fingerprint density at radius 2 is 0.943 bits per heavy atom. The number of hydrogen-bond acceptors (Lipinski definition) is 8. The van der Waals surface area contributed by atoms with Crippen LogP contribution in [-0.2, 0) is 33.2 Å². The summed E-state index contributed by atoms with van der Waals surface area (Å²) in [6.45, 7) is 15.6. The molecule has 4 atom stereocenters. The van der Waals surface area contributed by atoms with Gasteiger partial charge in [0.2, 0.25) is 0 Å². The molecule has 0 aromatic carbocycles. The van der Waals surface area contributed by atoms with Crippen LogP contribution in [-0.4, -0.2) is 102 Å². The van der Waals surface area contributed by atoms with Crippen LogP contribution in [0.4, 0.5) is 0 Å². The lowest BCUT2D eigenvalue weighted by Crippen LogP contribution is -2.24. The Bertz CT molecular complexity index is 413. The van der Waals surface area contributed by atoms with Crippen LogP contribution in [0.1, 0.15) is 79.6 Å². The van der Waals surface area contributed by atoms with E-state index in [2.05, 4.69) is 13.8 Å². The van der Waals surface area contributed by atoms with E-state index >= 15 is 0 Å². The summed E-state index contributed by atoms with van der Waals surface area (Å²) in [5.74, 6) is 0. The quantitative estimate of drug-likeness (QED) is 0.156. The van der Waals surface area contributed by atoms with Gasteiger partial charge < -0.3 is 38.3 Å². The Morgan fingerprint density at radius 1 is 0.514 bits per heavy atom. The highest BCUT2D eigenvalue weighted by Gasteiger charge is 2.09. The minimum Gasteiger partial charge on any atom is -0.394 e. The molecule has 1 N–H and O–H groups in total. The van der Waals surface area contributed by atoms with Gasteiger partial charge in [0.25, 0.3) is 0 Å². The van der Waals surface area contributed by atoms with Gasteiger partial charge in [-0.15, -0.1) is 0 Å². The van der Waals surface area contributed by atoms with Gasteiger partial charge in [-0.3, -0.25) is 0 Å². The Hall–Kier alpha value is -0.320. The summed E-state index contributed by atoms with van der Waals surface area (Å²) in [6, 6.07) is 0. The van der Waals surface area contributed by atoms with Crippen LogP contribution >= 0.6 is 0 Å². The van der Waals surface area contributed by atoms with Gasteiger partial charge in [0.05, 0.1) is 97.1 Å². The van der Waals surface area contributed by atoms with E-state index in [1.165, 1.54) is 32.1 Å². The molecule has 35 heavy (non-hydrogen) atoms. The molecule has 8 heteroatoms. The number of ether oxygens (including phenoxy) is 7. The SMILES string of the molecule is CCCCCC(CCCC)OCCOCC(C)OCCOCC(C)OCCOCC(C)OCCO. The zero-order valence-corrected chi connectivity index (χ0v) is 23.3. The monoisotopic (exact) mass is 508 g/mol. The molecule has 0 saturated carbocycles. The molecule has 8 nitrogen and oxygen atoms in total. The Balaban J connectivity index is 3.57. The maximum absolute atomic E-state index is 8.72. The first kappa shape index (κ1) is 34.7. The largest absolute Gasteiger partial charge is 0.394 e. The summed E-state index contributed by atoms with van der Waals surface area (Å²) < 4.78 is 39.7. The third kappa shape index (κ3) is 25.1. The summed E-state index contributed by atoms with van der Waals surface area (Å²) >= 11 is 0. The lowest BCUT2D eigenvalue weighted by molar-refractivity contribution is -0.0687. The summed E-state index contributed by atoms with van der Waals surface area (Å²) in [5.41, 5.74) is 0. The standard InChI is InChI=1S/C27H56O8/c1-6-8-10-12-27(11-9-7-2)35-20-17-31-23-26(5)34-19-16-30-22-25(4)33-18-15-29-21-24(3)32-14-13-28/h24-28H,6-23H2,1-5H3. The van der Waals surface area contributed by atoms with Crippen molar-refractivity contribution in [2.24, 2.45) is 0 Å². The van der Waals surface area contributed by atoms with Crippen molar-refractivity contribution >= 4 is 0 Å². The third-order valence-electron chi connectivity index (χ3n) is 5.40. The molecule has 0 bridgehead atoms. The van der Waals surface area contributed by atoms with Crippen molar-refractivity contribution in [3.8, 4) is 0 Å². The normalized spacial score (nSPS) is 15.3. The van der Waals surface area contributed by atoms with Crippen molar-refractivity contribution in [3.63, 3.8) is 0 Å². The van der Waals surface area contributed by atoms with E-state index in [-0.39, 0.29) is 24.9 Å². The van der Waals surface area contributed by atoms with Crippen LogP contribution in [0, 0.1) is 0 Å². The topological polar surface area (TPSA) is 84.8 Å². The fraction of sp³-hybridized carbons (Fsp3) is 1.00. The summed E-state index contributed by atoms with van der Waals surface area (Å²) in [5, 5.41) is 8.72. The van der Waals surface area contributed by atoms with E-state index in [1.807, 2.05) is 20.8 Å². The molecule has 0 aliphatic carbocycles. The third-order valence-corrected chi connectivity index (χ3v) is 5.40. The van der Waals surface area contributed by atoms with E-state index < -0.39 is 0 Å². The van der Waals surface area contributed by atoms with Gasteiger partial charge in [-0.25, -0.2) is 0 Å². The van der Waals surface area contributed by atoms with Crippen LogP contribution in [0.15, 0.2) is 0 Å². The van der Waals surface area contributed by atoms with E-state index in [1.54, 1.807) is 0 Å². The van der Waals surface area contributed by atoms with Gasteiger partial charge in [0, 0.05) is 0 Å². The van der Waals surface area contributed by atoms with Crippen molar-refractivity contribution < 1.29 is 38.3 Å². The molecule has 0 heterocycles. The fourth-order valence-corrected chi connectivity index (χ4v) is 3.40. The first-order valence-electron chi connectivity index (χ1n) is 13.8. The molecule has 0 aromatic heterocycles.